The molecule has 636 valence electrons. The van der Waals surface area contributed by atoms with Gasteiger partial charge in [-0.25, -0.2) is 15.0 Å². The summed E-state index contributed by atoms with van der Waals surface area (Å²) < 4.78 is 23.8. The number of allylic oxidation sites excluding steroid dienone is 1. The number of hydrogen-bond acceptors (Lipinski definition) is 6. The van der Waals surface area contributed by atoms with Crippen molar-refractivity contribution in [2.75, 3.05) is 0 Å². The summed E-state index contributed by atoms with van der Waals surface area (Å²) in [6, 6.07) is 158. The molecule has 0 amide bonds. The quantitative estimate of drug-likeness (QED) is 0.115. The number of rotatable bonds is 13. The molecule has 26 aromatic rings. The van der Waals surface area contributed by atoms with Crippen LogP contribution in [0.15, 0.2) is 472 Å². The Morgan fingerprint density at radius 2 is 0.669 bits per heavy atom. The molecule has 8 heterocycles. The predicted molar refractivity (Wildman–Crippen MR) is 566 cm³/mol. The van der Waals surface area contributed by atoms with Gasteiger partial charge in [0.15, 0.2) is 11.7 Å². The minimum Gasteiger partial charge on any atom is -0.456 e. The first-order chi connectivity index (χ1) is 67.4. The fourth-order valence-electron chi connectivity index (χ4n) is 22.2. The molecule has 10 nitrogen and oxygen atoms in total. The first kappa shape index (κ1) is 77.0. The summed E-state index contributed by atoms with van der Waals surface area (Å²) in [5.41, 5.74) is 31.6. The van der Waals surface area contributed by atoms with E-state index >= 15 is 0 Å². The van der Waals surface area contributed by atoms with Gasteiger partial charge in [-0.3, -0.25) is 4.99 Å². The Morgan fingerprint density at radius 3 is 1.32 bits per heavy atom. The molecule has 0 spiro atoms. The molecule has 2 aliphatic heterocycles. The number of aliphatic imine (C=N–C) groups is 4. The van der Waals surface area contributed by atoms with Crippen LogP contribution < -0.4 is 0 Å². The third kappa shape index (κ3) is 12.4. The molecular formula is C126H80N8O2. The Morgan fingerprint density at radius 1 is 0.235 bits per heavy atom. The molecule has 0 radical (unpaired) electrons. The van der Waals surface area contributed by atoms with Crippen LogP contribution in [0.25, 0.3) is 214 Å². The van der Waals surface area contributed by atoms with Crippen molar-refractivity contribution in [3.05, 3.63) is 476 Å². The molecule has 2 aliphatic rings. The average Bonchev–Trinajstić information content (AvgIpc) is 1.58. The number of fused-ring (bicyclic) bond motifs is 20. The van der Waals surface area contributed by atoms with Crippen molar-refractivity contribution in [1.82, 2.24) is 18.3 Å². The number of para-hydroxylation sites is 9. The lowest BCUT2D eigenvalue weighted by Crippen LogP contribution is -2.07. The van der Waals surface area contributed by atoms with E-state index in [0.29, 0.717) is 30.9 Å². The molecule has 0 bridgehead atoms. The Hall–Kier alpha value is -17.9. The van der Waals surface area contributed by atoms with Gasteiger partial charge in [0.1, 0.15) is 22.3 Å². The maximum atomic E-state index is 7.11. The first-order valence-corrected chi connectivity index (χ1v) is 46.8. The summed E-state index contributed by atoms with van der Waals surface area (Å²) in [6.45, 7) is 0. The van der Waals surface area contributed by atoms with E-state index in [1.165, 1.54) is 32.3 Å². The molecular weight excluding hydrogens is 1660 g/mol. The van der Waals surface area contributed by atoms with E-state index in [0.717, 1.165) is 227 Å². The molecule has 1 unspecified atom stereocenters. The van der Waals surface area contributed by atoms with Crippen molar-refractivity contribution in [3.8, 4) is 56.1 Å². The van der Waals surface area contributed by atoms with Crippen LogP contribution in [0.3, 0.4) is 0 Å². The van der Waals surface area contributed by atoms with Crippen LogP contribution >= 0.6 is 0 Å². The van der Waals surface area contributed by atoms with Crippen LogP contribution in [-0.4, -0.2) is 41.4 Å². The van der Waals surface area contributed by atoms with E-state index < -0.39 is 0 Å². The third-order valence-corrected chi connectivity index (χ3v) is 28.4. The van der Waals surface area contributed by atoms with Gasteiger partial charge in [0.25, 0.3) is 0 Å². The van der Waals surface area contributed by atoms with Crippen LogP contribution in [0.2, 0.25) is 0 Å². The second kappa shape index (κ2) is 30.9. The molecule has 0 saturated heterocycles. The Balaban J connectivity index is 0.577. The van der Waals surface area contributed by atoms with E-state index in [4.69, 9.17) is 28.8 Å². The second-order valence-corrected chi connectivity index (χ2v) is 36.1. The minimum absolute atomic E-state index is 0.349. The molecule has 20 aromatic carbocycles. The van der Waals surface area contributed by atoms with E-state index in [9.17, 15) is 0 Å². The van der Waals surface area contributed by atoms with E-state index in [1.54, 1.807) is 0 Å². The highest BCUT2D eigenvalue weighted by molar-refractivity contribution is 6.26. The number of hydrogen-bond donors (Lipinski definition) is 0. The third-order valence-electron chi connectivity index (χ3n) is 28.4. The zero-order chi connectivity index (χ0) is 89.2. The SMILES string of the molecule is C1=C(c2cc(-n3c4ccccc4c4cc5ccccc5cc43)cc3oc4ccccc4c23)N=C(c2ccc(-c3ccccc3)cc2)N=C(c2cccc3c4cc(-c5ccc6cc7c(cc6c5)c5ccccc5n7-c5cc(C6CCC(c7cccc8c9ccccc9n(-c9ccccc9)c78)=NC(c7cccc(-c8ccccc8)c7)=N6)c6c(c5)oc5ccccc56)ccc4n(-c4ccccc4)c23)C1. The molecule has 136 heavy (non-hydrogen) atoms. The van der Waals surface area contributed by atoms with Crippen LogP contribution in [0, 0.1) is 0 Å². The number of nitrogens with zero attached hydrogens (tertiary/aromatic N) is 8. The average molecular weight is 1740 g/mol. The summed E-state index contributed by atoms with van der Waals surface area (Å²) in [5.74, 6) is 1.30. The van der Waals surface area contributed by atoms with Crippen molar-refractivity contribution < 1.29 is 8.83 Å². The van der Waals surface area contributed by atoms with Crippen molar-refractivity contribution in [2.45, 2.75) is 25.3 Å². The largest absolute Gasteiger partial charge is 0.456 e. The molecule has 0 N–H and O–H groups in total. The molecule has 10 heteroatoms. The molecule has 6 aromatic heterocycles. The van der Waals surface area contributed by atoms with Crippen molar-refractivity contribution in [3.63, 3.8) is 0 Å². The van der Waals surface area contributed by atoms with Gasteiger partial charge >= 0.3 is 0 Å². The van der Waals surface area contributed by atoms with Gasteiger partial charge in [0, 0.05) is 122 Å². The fraction of sp³-hybridized carbons (Fsp3) is 0.0317. The smallest absolute Gasteiger partial charge is 0.160 e. The minimum atomic E-state index is -0.349. The predicted octanol–water partition coefficient (Wildman–Crippen LogP) is 32.6. The standard InChI is InChI=1S/C126H80N8O2/c1-5-28-77(29-6-1)79-54-56-80(57-55-79)125-127-107(61-63-109(129-125)105-73-91(75-119-121(105)100-43-18-23-52-117(100)135-119)131-111-49-20-16-41-94(111)102-68-82-32-13-14-33-83(82)71-115(102)131)99-48-27-46-97-104-69-85(60-65-114(104)134(124(97)99)90-38-11-4-12-39-90)84-58-59-86-72-116-103(70-88(86)67-84)95-42-17-21-50-112(95)132(116)92-74-106(122-101-44-19-24-53-118(101)136-120(122)76-92)110-64-62-108(128-126(130-110)87-35-25-34-81(66-87)78-30-7-2-8-31-78)98-47-26-45-96-93-40-15-22-51-113(93)133(123(96)98)89-36-9-3-10-37-89/h1-60,63,65-76,110H,61-62,64H2. The summed E-state index contributed by atoms with van der Waals surface area (Å²) in [4.78, 5) is 23.6. The zero-order valence-electron chi connectivity index (χ0n) is 73.7. The topological polar surface area (TPSA) is 95.4 Å². The van der Waals surface area contributed by atoms with Crippen molar-refractivity contribution in [1.29, 1.82) is 0 Å². The van der Waals surface area contributed by atoms with E-state index in [-0.39, 0.29) is 6.04 Å². The summed E-state index contributed by atoms with van der Waals surface area (Å²) in [7, 11) is 0. The molecule has 0 saturated carbocycles. The fourth-order valence-corrected chi connectivity index (χ4v) is 22.2. The summed E-state index contributed by atoms with van der Waals surface area (Å²) >= 11 is 0. The highest BCUT2D eigenvalue weighted by Crippen LogP contribution is 2.48. The van der Waals surface area contributed by atoms with Gasteiger partial charge in [-0.05, 0) is 189 Å². The highest BCUT2D eigenvalue weighted by atomic mass is 16.3. The van der Waals surface area contributed by atoms with Crippen LogP contribution in [0.5, 0.6) is 0 Å². The number of benzene rings is 20. The molecule has 0 aliphatic carbocycles. The van der Waals surface area contributed by atoms with Gasteiger partial charge in [-0.2, -0.15) is 0 Å². The lowest BCUT2D eigenvalue weighted by Gasteiger charge is -2.17. The molecule has 0 fully saturated rings. The van der Waals surface area contributed by atoms with Gasteiger partial charge in [0.2, 0.25) is 0 Å². The normalized spacial score (nSPS) is 13.9. The maximum absolute atomic E-state index is 7.11. The molecule has 1 atom stereocenters. The highest BCUT2D eigenvalue weighted by Gasteiger charge is 2.31. The second-order valence-electron chi connectivity index (χ2n) is 36.1. The van der Waals surface area contributed by atoms with Crippen molar-refractivity contribution >= 4 is 181 Å². The first-order valence-electron chi connectivity index (χ1n) is 46.8. The maximum Gasteiger partial charge on any atom is 0.160 e. The van der Waals surface area contributed by atoms with E-state index in [1.807, 2.05) is 0 Å². The Kier molecular flexibility index (Phi) is 17.5. The van der Waals surface area contributed by atoms with Gasteiger partial charge in [0.05, 0.1) is 78.7 Å². The van der Waals surface area contributed by atoms with Crippen LogP contribution in [0.1, 0.15) is 58.7 Å². The Bertz CT molecular complexity index is 9690. The number of furan rings is 2. The summed E-state index contributed by atoms with van der Waals surface area (Å²) in [6.07, 6.45) is 4.10. The van der Waals surface area contributed by atoms with Crippen LogP contribution in [0.4, 0.5) is 0 Å². The Labute approximate surface area is 780 Å². The summed E-state index contributed by atoms with van der Waals surface area (Å²) in [5, 5.41) is 18.1. The number of aromatic nitrogens is 4. The lowest BCUT2D eigenvalue weighted by molar-refractivity contribution is 0.663. The van der Waals surface area contributed by atoms with Crippen molar-refractivity contribution in [2.24, 2.45) is 20.0 Å². The van der Waals surface area contributed by atoms with Gasteiger partial charge in [-0.15, -0.1) is 0 Å². The molecule has 28 rings (SSSR count). The zero-order valence-corrected chi connectivity index (χ0v) is 73.7. The van der Waals surface area contributed by atoms with Crippen LogP contribution in [-0.2, 0) is 0 Å². The van der Waals surface area contributed by atoms with E-state index in [2.05, 4.69) is 461 Å². The monoisotopic (exact) mass is 1740 g/mol. The number of amidine groups is 2. The van der Waals surface area contributed by atoms with Gasteiger partial charge < -0.3 is 27.1 Å². The van der Waals surface area contributed by atoms with Gasteiger partial charge in [-0.1, -0.05) is 315 Å². The lowest BCUT2D eigenvalue weighted by atomic mass is 9.93.